The Morgan fingerprint density at radius 2 is 2.05 bits per heavy atom. The number of carboxylic acid groups (broad SMARTS) is 2. The highest BCUT2D eigenvalue weighted by molar-refractivity contribution is 5.84. The van der Waals surface area contributed by atoms with Gasteiger partial charge in [0.1, 0.15) is 6.04 Å². The van der Waals surface area contributed by atoms with Crippen LogP contribution in [0, 0.1) is 0 Å². The zero-order chi connectivity index (χ0) is 14.6. The number of rotatable bonds is 6. The van der Waals surface area contributed by atoms with E-state index in [-0.39, 0.29) is 12.0 Å². The third-order valence-corrected chi connectivity index (χ3v) is 2.61. The van der Waals surface area contributed by atoms with Gasteiger partial charge in [0.15, 0.2) is 0 Å². The zero-order valence-corrected chi connectivity index (χ0v) is 10.4. The maximum Gasteiger partial charge on any atom is 0.371 e. The lowest BCUT2D eigenvalue weighted by atomic mass is 9.99. The molecule has 0 spiro atoms. The molecule has 0 aliphatic heterocycles. The average molecular weight is 269 g/mol. The van der Waals surface area contributed by atoms with Crippen LogP contribution in [0.2, 0.25) is 0 Å². The molecule has 0 fully saturated rings. The lowest BCUT2D eigenvalue weighted by molar-refractivity contribution is -0.138. The Balaban J connectivity index is 3.27. The maximum atomic E-state index is 11.7. The van der Waals surface area contributed by atoms with Crippen LogP contribution in [0.15, 0.2) is 15.3 Å². The van der Waals surface area contributed by atoms with Gasteiger partial charge in [-0.05, 0) is 24.5 Å². The van der Waals surface area contributed by atoms with Crippen molar-refractivity contribution in [3.63, 3.8) is 0 Å². The van der Waals surface area contributed by atoms with Crippen molar-refractivity contribution in [3.8, 4) is 0 Å². The van der Waals surface area contributed by atoms with Crippen LogP contribution in [0.25, 0.3) is 0 Å². The molecular weight excluding hydrogens is 254 g/mol. The lowest BCUT2D eigenvalue weighted by Gasteiger charge is -2.10. The molecule has 1 unspecified atom stereocenters. The highest BCUT2D eigenvalue weighted by atomic mass is 16.4. The van der Waals surface area contributed by atoms with Crippen molar-refractivity contribution in [2.24, 2.45) is 5.73 Å². The van der Waals surface area contributed by atoms with E-state index in [1.165, 1.54) is 0 Å². The van der Waals surface area contributed by atoms with Crippen LogP contribution < -0.4 is 11.4 Å². The number of aliphatic carboxylic acids is 1. The van der Waals surface area contributed by atoms with E-state index in [2.05, 4.69) is 4.42 Å². The predicted octanol–water partition coefficient (Wildman–Crippen LogP) is 0.245. The van der Waals surface area contributed by atoms with Gasteiger partial charge in [0, 0.05) is 5.56 Å². The Labute approximate surface area is 108 Å². The second kappa shape index (κ2) is 6.14. The molecular formula is C12H15NO6. The first kappa shape index (κ1) is 14.9. The summed E-state index contributed by atoms with van der Waals surface area (Å²) in [4.78, 5) is 33.2. The summed E-state index contributed by atoms with van der Waals surface area (Å²) in [6.45, 7) is 1.84. The van der Waals surface area contributed by atoms with Gasteiger partial charge in [0.05, 0.1) is 0 Å². The average Bonchev–Trinajstić information content (AvgIpc) is 2.32. The van der Waals surface area contributed by atoms with Crippen LogP contribution in [0.4, 0.5) is 0 Å². The van der Waals surface area contributed by atoms with Gasteiger partial charge in [-0.1, -0.05) is 13.3 Å². The standard InChI is InChI=1S/C12H15NO6/c1-2-3-7-6(4-8(13)10(14)15)5-9(11(16)17)19-12(7)18/h5,8H,2-4,13H2,1H3,(H,14,15)(H,16,17). The van der Waals surface area contributed by atoms with Crippen LogP contribution in [-0.4, -0.2) is 28.2 Å². The van der Waals surface area contributed by atoms with E-state index in [1.807, 2.05) is 6.92 Å². The number of hydrogen-bond acceptors (Lipinski definition) is 5. The van der Waals surface area contributed by atoms with Crippen molar-refractivity contribution >= 4 is 11.9 Å². The van der Waals surface area contributed by atoms with Crippen molar-refractivity contribution in [1.29, 1.82) is 0 Å². The summed E-state index contributed by atoms with van der Waals surface area (Å²) in [5.41, 5.74) is 5.25. The minimum atomic E-state index is -1.38. The molecule has 0 aliphatic carbocycles. The number of carbonyl (C=O) groups is 2. The van der Waals surface area contributed by atoms with Crippen LogP contribution in [-0.2, 0) is 17.6 Å². The summed E-state index contributed by atoms with van der Waals surface area (Å²) in [7, 11) is 0. The molecule has 0 saturated heterocycles. The first-order chi connectivity index (χ1) is 8.86. The topological polar surface area (TPSA) is 131 Å². The van der Waals surface area contributed by atoms with Crippen molar-refractivity contribution in [2.45, 2.75) is 32.2 Å². The molecule has 7 nitrogen and oxygen atoms in total. The van der Waals surface area contributed by atoms with Gasteiger partial charge in [-0.25, -0.2) is 9.59 Å². The molecule has 1 aromatic rings. The number of aromatic carboxylic acids is 1. The third kappa shape index (κ3) is 3.65. The minimum Gasteiger partial charge on any atom is -0.480 e. The quantitative estimate of drug-likeness (QED) is 0.674. The maximum absolute atomic E-state index is 11.7. The molecule has 104 valence electrons. The molecule has 0 amide bonds. The van der Waals surface area contributed by atoms with E-state index in [9.17, 15) is 14.4 Å². The summed E-state index contributed by atoms with van der Waals surface area (Å²) in [5, 5.41) is 17.6. The summed E-state index contributed by atoms with van der Waals surface area (Å²) < 4.78 is 4.66. The van der Waals surface area contributed by atoms with E-state index >= 15 is 0 Å². The van der Waals surface area contributed by atoms with Gasteiger partial charge in [0.25, 0.3) is 0 Å². The summed E-state index contributed by atoms with van der Waals surface area (Å²) in [6, 6.07) is -0.0311. The Hall–Kier alpha value is -2.15. The Morgan fingerprint density at radius 3 is 2.53 bits per heavy atom. The van der Waals surface area contributed by atoms with Crippen LogP contribution in [0.3, 0.4) is 0 Å². The highest BCUT2D eigenvalue weighted by Gasteiger charge is 2.19. The van der Waals surface area contributed by atoms with Crippen molar-refractivity contribution < 1.29 is 24.2 Å². The van der Waals surface area contributed by atoms with Gasteiger partial charge >= 0.3 is 17.6 Å². The van der Waals surface area contributed by atoms with Gasteiger partial charge in [-0.2, -0.15) is 0 Å². The third-order valence-electron chi connectivity index (χ3n) is 2.61. The smallest absolute Gasteiger partial charge is 0.371 e. The Bertz CT molecular complexity index is 548. The molecule has 0 aliphatic rings. The molecule has 19 heavy (non-hydrogen) atoms. The molecule has 0 radical (unpaired) electrons. The van der Waals surface area contributed by atoms with Crippen LogP contribution in [0.1, 0.15) is 35.0 Å². The predicted molar refractivity (Wildman–Crippen MR) is 65.2 cm³/mol. The summed E-state index contributed by atoms with van der Waals surface area (Å²) in [6.07, 6.45) is 0.910. The fourth-order valence-electron chi connectivity index (χ4n) is 1.69. The molecule has 0 bridgehead atoms. The highest BCUT2D eigenvalue weighted by Crippen LogP contribution is 2.12. The Kier molecular flexibility index (Phi) is 4.82. The molecule has 0 saturated carbocycles. The van der Waals surface area contributed by atoms with E-state index < -0.39 is 29.4 Å². The summed E-state index contributed by atoms with van der Waals surface area (Å²) >= 11 is 0. The second-order valence-corrected chi connectivity index (χ2v) is 4.11. The molecule has 1 heterocycles. The SMILES string of the molecule is CCCc1c(CC(N)C(=O)O)cc(C(=O)O)oc1=O. The fourth-order valence-corrected chi connectivity index (χ4v) is 1.69. The number of nitrogens with two attached hydrogens (primary N) is 1. The molecule has 1 atom stereocenters. The lowest BCUT2D eigenvalue weighted by Crippen LogP contribution is -2.33. The summed E-state index contributed by atoms with van der Waals surface area (Å²) in [5.74, 6) is -3.12. The second-order valence-electron chi connectivity index (χ2n) is 4.11. The first-order valence-electron chi connectivity index (χ1n) is 5.74. The van der Waals surface area contributed by atoms with Gasteiger partial charge < -0.3 is 20.4 Å². The van der Waals surface area contributed by atoms with Crippen molar-refractivity contribution in [1.82, 2.24) is 0 Å². The van der Waals surface area contributed by atoms with Gasteiger partial charge in [-0.15, -0.1) is 0 Å². The van der Waals surface area contributed by atoms with E-state index in [4.69, 9.17) is 15.9 Å². The van der Waals surface area contributed by atoms with E-state index in [0.717, 1.165) is 6.07 Å². The van der Waals surface area contributed by atoms with Gasteiger partial charge in [0.2, 0.25) is 5.76 Å². The number of hydrogen-bond donors (Lipinski definition) is 3. The van der Waals surface area contributed by atoms with Crippen molar-refractivity contribution in [2.75, 3.05) is 0 Å². The monoisotopic (exact) mass is 269 g/mol. The zero-order valence-electron chi connectivity index (χ0n) is 10.4. The van der Waals surface area contributed by atoms with Crippen molar-refractivity contribution in [3.05, 3.63) is 33.4 Å². The minimum absolute atomic E-state index is 0.115. The van der Waals surface area contributed by atoms with Gasteiger partial charge in [-0.3, -0.25) is 4.79 Å². The fraction of sp³-hybridized carbons (Fsp3) is 0.417. The molecule has 4 N–H and O–H groups in total. The number of carboxylic acids is 2. The molecule has 1 rings (SSSR count). The molecule has 0 aromatic carbocycles. The van der Waals surface area contributed by atoms with E-state index in [0.29, 0.717) is 18.4 Å². The van der Waals surface area contributed by atoms with Crippen LogP contribution >= 0.6 is 0 Å². The first-order valence-corrected chi connectivity index (χ1v) is 5.74. The molecule has 7 heteroatoms. The van der Waals surface area contributed by atoms with E-state index in [1.54, 1.807) is 0 Å². The normalized spacial score (nSPS) is 12.1. The Morgan fingerprint density at radius 1 is 1.42 bits per heavy atom. The molecule has 1 aromatic heterocycles. The van der Waals surface area contributed by atoms with Crippen LogP contribution in [0.5, 0.6) is 0 Å². The largest absolute Gasteiger partial charge is 0.480 e.